The molecule has 0 radical (unpaired) electrons. The third-order valence-corrected chi connectivity index (χ3v) is 5.35. The first-order valence-electron chi connectivity index (χ1n) is 8.17. The number of carboxylic acids is 1. The van der Waals surface area contributed by atoms with Crippen LogP contribution in [0, 0.1) is 23.7 Å². The average molecular weight is 326 g/mol. The highest BCUT2D eigenvalue weighted by Crippen LogP contribution is 2.48. The lowest BCUT2D eigenvalue weighted by Crippen LogP contribution is -2.36. The zero-order valence-corrected chi connectivity index (χ0v) is 13.0. The van der Waals surface area contributed by atoms with Gasteiger partial charge in [-0.05, 0) is 42.4 Å². The average Bonchev–Trinajstić information content (AvgIpc) is 3.16. The maximum absolute atomic E-state index is 12.7. The van der Waals surface area contributed by atoms with Gasteiger partial charge in [0.2, 0.25) is 5.91 Å². The van der Waals surface area contributed by atoms with Crippen molar-refractivity contribution in [2.45, 2.75) is 12.8 Å². The van der Waals surface area contributed by atoms with Gasteiger partial charge in [-0.1, -0.05) is 18.2 Å². The fourth-order valence-electron chi connectivity index (χ4n) is 4.23. The minimum absolute atomic E-state index is 0.0166. The zero-order chi connectivity index (χ0) is 16.8. The number of fused-ring (bicyclic) bond motifs is 3. The third kappa shape index (κ3) is 2.29. The molecule has 1 fully saturated rings. The molecule has 0 unspecified atom stereocenters. The van der Waals surface area contributed by atoms with E-state index in [0.717, 1.165) is 18.4 Å². The first kappa shape index (κ1) is 14.9. The van der Waals surface area contributed by atoms with Gasteiger partial charge in [-0.25, -0.2) is 0 Å². The number of carbonyl (C=O) groups excluding carboxylic acids is 2. The second kappa shape index (κ2) is 5.47. The molecule has 2 amide bonds. The Kier molecular flexibility index (Phi) is 3.40. The SMILES string of the molecule is O=C1NCCc2ccc(NC(=O)[C@H]3[C@H](C(=O)O)[C@H]4C=C[C@H]3C4)cc21. The van der Waals surface area contributed by atoms with Gasteiger partial charge >= 0.3 is 5.97 Å². The summed E-state index contributed by atoms with van der Waals surface area (Å²) in [7, 11) is 0. The van der Waals surface area contributed by atoms with Crippen LogP contribution in [0.1, 0.15) is 22.3 Å². The van der Waals surface area contributed by atoms with Gasteiger partial charge in [-0.2, -0.15) is 0 Å². The Balaban J connectivity index is 1.56. The number of carbonyl (C=O) groups is 3. The number of benzene rings is 1. The Bertz CT molecular complexity index is 770. The van der Waals surface area contributed by atoms with Crippen LogP contribution in [0.4, 0.5) is 5.69 Å². The maximum atomic E-state index is 12.7. The fourth-order valence-corrected chi connectivity index (χ4v) is 4.23. The second-order valence-corrected chi connectivity index (χ2v) is 6.71. The number of hydrogen-bond donors (Lipinski definition) is 3. The standard InChI is InChI=1S/C18H18N2O4/c21-16-13-8-12(4-3-9(13)5-6-19-16)20-17(22)14-10-1-2-11(7-10)15(14)18(23)24/h1-4,8,10-11,14-15H,5-7H2,(H,19,21)(H,20,22)(H,23,24)/t10-,11-,14+,15+/m0/s1. The highest BCUT2D eigenvalue weighted by atomic mass is 16.4. The van der Waals surface area contributed by atoms with E-state index in [-0.39, 0.29) is 23.7 Å². The van der Waals surface area contributed by atoms with Gasteiger partial charge in [0, 0.05) is 17.8 Å². The van der Waals surface area contributed by atoms with E-state index in [4.69, 9.17) is 0 Å². The summed E-state index contributed by atoms with van der Waals surface area (Å²) < 4.78 is 0. The van der Waals surface area contributed by atoms with E-state index in [1.807, 2.05) is 18.2 Å². The lowest BCUT2D eigenvalue weighted by Gasteiger charge is -2.24. The monoisotopic (exact) mass is 326 g/mol. The van der Waals surface area contributed by atoms with Crippen molar-refractivity contribution in [2.75, 3.05) is 11.9 Å². The first-order chi connectivity index (χ1) is 11.5. The predicted molar refractivity (Wildman–Crippen MR) is 86.5 cm³/mol. The van der Waals surface area contributed by atoms with Crippen LogP contribution in [0.5, 0.6) is 0 Å². The van der Waals surface area contributed by atoms with Crippen LogP contribution in [0.2, 0.25) is 0 Å². The fraction of sp³-hybridized carbons (Fsp3) is 0.389. The Labute approximate surface area is 138 Å². The van der Waals surface area contributed by atoms with Gasteiger partial charge in [0.25, 0.3) is 5.91 Å². The molecule has 1 aromatic carbocycles. The zero-order valence-electron chi connectivity index (χ0n) is 13.0. The first-order valence-corrected chi connectivity index (χ1v) is 8.17. The summed E-state index contributed by atoms with van der Waals surface area (Å²) in [6, 6.07) is 5.29. The number of nitrogens with one attached hydrogen (secondary N) is 2. The van der Waals surface area contributed by atoms with Crippen molar-refractivity contribution >= 4 is 23.5 Å². The summed E-state index contributed by atoms with van der Waals surface area (Å²) in [5, 5.41) is 15.0. The molecule has 4 atom stereocenters. The molecule has 24 heavy (non-hydrogen) atoms. The predicted octanol–water partition coefficient (Wildman–Crippen LogP) is 1.43. The molecule has 2 aliphatic carbocycles. The Morgan fingerprint density at radius 1 is 1.17 bits per heavy atom. The molecule has 1 aromatic rings. The van der Waals surface area contributed by atoms with Gasteiger partial charge in [0.15, 0.2) is 0 Å². The molecule has 1 saturated carbocycles. The quantitative estimate of drug-likeness (QED) is 0.732. The molecule has 0 spiro atoms. The summed E-state index contributed by atoms with van der Waals surface area (Å²) in [4.78, 5) is 36.1. The van der Waals surface area contributed by atoms with Crippen LogP contribution in [-0.4, -0.2) is 29.4 Å². The van der Waals surface area contributed by atoms with E-state index in [1.165, 1.54) is 0 Å². The van der Waals surface area contributed by atoms with Crippen LogP contribution in [0.25, 0.3) is 0 Å². The van der Waals surface area contributed by atoms with Crippen molar-refractivity contribution in [1.82, 2.24) is 5.32 Å². The lowest BCUT2D eigenvalue weighted by molar-refractivity contribution is -0.146. The molecule has 6 nitrogen and oxygen atoms in total. The van der Waals surface area contributed by atoms with Crippen LogP contribution < -0.4 is 10.6 Å². The van der Waals surface area contributed by atoms with Crippen molar-refractivity contribution in [3.8, 4) is 0 Å². The topological polar surface area (TPSA) is 95.5 Å². The summed E-state index contributed by atoms with van der Waals surface area (Å²) in [5.41, 5.74) is 2.07. The van der Waals surface area contributed by atoms with Gasteiger partial charge in [0.1, 0.15) is 0 Å². The molecular formula is C18H18N2O4. The minimum Gasteiger partial charge on any atom is -0.481 e. The van der Waals surface area contributed by atoms with Crippen LogP contribution in [-0.2, 0) is 16.0 Å². The number of rotatable bonds is 3. The molecule has 0 saturated heterocycles. The van der Waals surface area contributed by atoms with Crippen LogP contribution in [0.15, 0.2) is 30.4 Å². The van der Waals surface area contributed by atoms with Gasteiger partial charge < -0.3 is 15.7 Å². The molecule has 4 rings (SSSR count). The number of carboxylic acid groups (broad SMARTS) is 1. The molecule has 3 N–H and O–H groups in total. The minimum atomic E-state index is -0.920. The van der Waals surface area contributed by atoms with Gasteiger partial charge in [-0.15, -0.1) is 0 Å². The number of aliphatic carboxylic acids is 1. The Morgan fingerprint density at radius 3 is 2.67 bits per heavy atom. The highest BCUT2D eigenvalue weighted by molar-refractivity contribution is 6.00. The largest absolute Gasteiger partial charge is 0.481 e. The van der Waals surface area contributed by atoms with Crippen molar-refractivity contribution in [3.63, 3.8) is 0 Å². The van der Waals surface area contributed by atoms with E-state index in [2.05, 4.69) is 10.6 Å². The molecule has 1 heterocycles. The van der Waals surface area contributed by atoms with Crippen molar-refractivity contribution in [2.24, 2.45) is 23.7 Å². The van der Waals surface area contributed by atoms with Crippen LogP contribution in [0.3, 0.4) is 0 Å². The lowest BCUT2D eigenvalue weighted by atomic mass is 9.82. The van der Waals surface area contributed by atoms with Crippen molar-refractivity contribution in [1.29, 1.82) is 0 Å². The summed E-state index contributed by atoms with van der Waals surface area (Å²) in [6.45, 7) is 0.620. The third-order valence-electron chi connectivity index (χ3n) is 5.35. The number of allylic oxidation sites excluding steroid dienone is 2. The van der Waals surface area contributed by atoms with E-state index in [0.29, 0.717) is 17.8 Å². The smallest absolute Gasteiger partial charge is 0.307 e. The maximum Gasteiger partial charge on any atom is 0.307 e. The molecule has 3 aliphatic rings. The molecular weight excluding hydrogens is 308 g/mol. The van der Waals surface area contributed by atoms with Crippen LogP contribution >= 0.6 is 0 Å². The van der Waals surface area contributed by atoms with Gasteiger partial charge in [-0.3, -0.25) is 14.4 Å². The Hall–Kier alpha value is -2.63. The molecule has 6 heteroatoms. The normalized spacial score (nSPS) is 29.9. The van der Waals surface area contributed by atoms with Crippen molar-refractivity contribution < 1.29 is 19.5 Å². The number of amides is 2. The molecule has 0 aromatic heterocycles. The number of anilines is 1. The highest BCUT2D eigenvalue weighted by Gasteiger charge is 2.51. The summed E-state index contributed by atoms with van der Waals surface area (Å²) >= 11 is 0. The number of hydrogen-bond acceptors (Lipinski definition) is 3. The summed E-state index contributed by atoms with van der Waals surface area (Å²) in [6.07, 6.45) is 5.36. The van der Waals surface area contributed by atoms with E-state index in [9.17, 15) is 19.5 Å². The van der Waals surface area contributed by atoms with Crippen molar-refractivity contribution in [3.05, 3.63) is 41.5 Å². The van der Waals surface area contributed by atoms with Gasteiger partial charge in [0.05, 0.1) is 11.8 Å². The second-order valence-electron chi connectivity index (χ2n) is 6.71. The van der Waals surface area contributed by atoms with E-state index >= 15 is 0 Å². The van der Waals surface area contributed by atoms with E-state index < -0.39 is 17.8 Å². The van der Waals surface area contributed by atoms with E-state index in [1.54, 1.807) is 12.1 Å². The molecule has 124 valence electrons. The molecule has 2 bridgehead atoms. The Morgan fingerprint density at radius 2 is 1.92 bits per heavy atom. The summed E-state index contributed by atoms with van der Waals surface area (Å²) in [5.74, 6) is -2.64. The molecule has 1 aliphatic heterocycles.